The number of nitrogens with zero attached hydrogens (tertiary/aromatic N) is 3. The number of fused-ring (bicyclic) bond motifs is 1. The monoisotopic (exact) mass is 406 g/mol. The van der Waals surface area contributed by atoms with Crippen molar-refractivity contribution in [2.45, 2.75) is 39.2 Å². The van der Waals surface area contributed by atoms with Gasteiger partial charge in [-0.1, -0.05) is 30.3 Å². The summed E-state index contributed by atoms with van der Waals surface area (Å²) < 4.78 is 0. The minimum Gasteiger partial charge on any atom is -0.358 e. The number of hydrogen-bond acceptors (Lipinski definition) is 3. The summed E-state index contributed by atoms with van der Waals surface area (Å²) in [5, 5.41) is 14.1. The van der Waals surface area contributed by atoms with Crippen molar-refractivity contribution in [2.24, 2.45) is 0 Å². The van der Waals surface area contributed by atoms with E-state index in [4.69, 9.17) is 12.2 Å². The first-order chi connectivity index (χ1) is 14.2. The predicted octanol–water partition coefficient (Wildman–Crippen LogP) is 2.76. The number of nitrogens with one attached hydrogen (secondary N) is 2. The van der Waals surface area contributed by atoms with Crippen LogP contribution in [0.2, 0.25) is 0 Å². The number of rotatable bonds is 3. The lowest BCUT2D eigenvalue weighted by Gasteiger charge is -2.33. The number of piperazine rings is 1. The van der Waals surface area contributed by atoms with Crippen LogP contribution in [0.4, 0.5) is 5.82 Å². The molecule has 1 aliphatic carbocycles. The molecule has 29 heavy (non-hydrogen) atoms. The smallest absolute Gasteiger partial charge is 0.293 e. The van der Waals surface area contributed by atoms with Gasteiger partial charge in [0, 0.05) is 6.54 Å². The summed E-state index contributed by atoms with van der Waals surface area (Å²) in [6.07, 6.45) is 4.51. The van der Waals surface area contributed by atoms with E-state index in [1.807, 2.05) is 18.2 Å². The van der Waals surface area contributed by atoms with Crippen LogP contribution in [-0.4, -0.2) is 36.2 Å². The molecule has 0 radical (unpaired) electrons. The average Bonchev–Trinajstić information content (AvgIpc) is 2.78. The zero-order valence-electron chi connectivity index (χ0n) is 17.0. The molecule has 1 saturated heterocycles. The largest absolute Gasteiger partial charge is 0.358 e. The van der Waals surface area contributed by atoms with Gasteiger partial charge in [0.15, 0.2) is 5.11 Å². The van der Waals surface area contributed by atoms with Gasteiger partial charge in [-0.25, -0.2) is 4.98 Å². The second kappa shape index (κ2) is 8.79. The first-order valence-corrected chi connectivity index (χ1v) is 10.9. The van der Waals surface area contributed by atoms with Gasteiger partial charge in [-0.2, -0.15) is 5.26 Å². The van der Waals surface area contributed by atoms with Crippen molar-refractivity contribution in [3.63, 3.8) is 0 Å². The highest BCUT2D eigenvalue weighted by Crippen LogP contribution is 2.29. The molecule has 0 amide bonds. The number of aromatic nitrogens is 1. The van der Waals surface area contributed by atoms with Gasteiger partial charge in [-0.05, 0) is 61.5 Å². The SMILES string of the molecule is Cc1[nH+]c(N2CCN(C(=S)NCc3ccccc3)CC2)c(C#N)c2c1CCCC2. The molecule has 2 N–H and O–H groups in total. The molecule has 1 aromatic heterocycles. The van der Waals surface area contributed by atoms with Crippen molar-refractivity contribution in [1.29, 1.82) is 5.26 Å². The first-order valence-electron chi connectivity index (χ1n) is 10.5. The van der Waals surface area contributed by atoms with Crippen molar-refractivity contribution in [3.8, 4) is 6.07 Å². The van der Waals surface area contributed by atoms with Crippen molar-refractivity contribution >= 4 is 23.1 Å². The number of anilines is 1. The number of hydrogen-bond donors (Lipinski definition) is 1. The number of aryl methyl sites for hydroxylation is 1. The third kappa shape index (κ3) is 4.20. The van der Waals surface area contributed by atoms with Gasteiger partial charge >= 0.3 is 0 Å². The minimum atomic E-state index is 0.746. The Bertz CT molecular complexity index is 927. The number of thiocarbonyl (C=S) groups is 1. The van der Waals surface area contributed by atoms with Crippen LogP contribution >= 0.6 is 12.2 Å². The Labute approximate surface area is 178 Å². The number of pyridine rings is 1. The standard InChI is InChI=1S/C23H27N5S/c1-17-19-9-5-6-10-20(19)21(15-24)22(26-17)27-11-13-28(14-12-27)23(29)25-16-18-7-3-2-4-8-18/h2-4,7-8H,5-6,9-14,16H2,1H3,(H,25,29)/p+1. The molecule has 5 nitrogen and oxygen atoms in total. The van der Waals surface area contributed by atoms with E-state index >= 15 is 0 Å². The van der Waals surface area contributed by atoms with Crippen LogP contribution in [0.5, 0.6) is 0 Å². The summed E-state index contributed by atoms with van der Waals surface area (Å²) in [5.74, 6) is 0.994. The predicted molar refractivity (Wildman–Crippen MR) is 119 cm³/mol. The molecule has 6 heteroatoms. The molecule has 1 aromatic carbocycles. The lowest BCUT2D eigenvalue weighted by molar-refractivity contribution is -0.375. The van der Waals surface area contributed by atoms with Crippen molar-refractivity contribution < 1.29 is 4.98 Å². The van der Waals surface area contributed by atoms with Crippen LogP contribution in [0.3, 0.4) is 0 Å². The fraction of sp³-hybridized carbons (Fsp3) is 0.435. The van der Waals surface area contributed by atoms with E-state index < -0.39 is 0 Å². The summed E-state index contributed by atoms with van der Waals surface area (Å²) in [4.78, 5) is 8.10. The molecule has 0 bridgehead atoms. The normalized spacial score (nSPS) is 16.1. The molecule has 150 valence electrons. The molecule has 1 fully saturated rings. The second-order valence-corrected chi connectivity index (χ2v) is 8.25. The van der Waals surface area contributed by atoms with E-state index in [9.17, 15) is 5.26 Å². The Morgan fingerprint density at radius 2 is 1.79 bits per heavy atom. The van der Waals surface area contributed by atoms with E-state index in [0.717, 1.165) is 62.1 Å². The van der Waals surface area contributed by atoms with Crippen LogP contribution in [0.1, 0.15) is 40.8 Å². The molecule has 0 unspecified atom stereocenters. The number of aromatic amines is 1. The zero-order valence-corrected chi connectivity index (χ0v) is 17.8. The van der Waals surface area contributed by atoms with Gasteiger partial charge in [-0.3, -0.25) is 4.90 Å². The topological polar surface area (TPSA) is 56.4 Å². The van der Waals surface area contributed by atoms with E-state index in [1.54, 1.807) is 0 Å². The summed E-state index contributed by atoms with van der Waals surface area (Å²) in [6, 6.07) is 12.8. The Kier molecular flexibility index (Phi) is 5.96. The quantitative estimate of drug-likeness (QED) is 0.795. The van der Waals surface area contributed by atoms with Crippen LogP contribution in [0.15, 0.2) is 30.3 Å². The molecule has 2 aromatic rings. The molecule has 4 rings (SSSR count). The van der Waals surface area contributed by atoms with Gasteiger partial charge in [0.25, 0.3) is 5.82 Å². The highest BCUT2D eigenvalue weighted by Gasteiger charge is 2.31. The molecule has 0 atom stereocenters. The maximum Gasteiger partial charge on any atom is 0.293 e. The highest BCUT2D eigenvalue weighted by molar-refractivity contribution is 7.80. The van der Waals surface area contributed by atoms with Crippen LogP contribution in [-0.2, 0) is 19.4 Å². The third-order valence-electron chi connectivity index (χ3n) is 6.05. The van der Waals surface area contributed by atoms with Gasteiger partial charge in [-0.15, -0.1) is 0 Å². The first kappa shape index (κ1) is 19.7. The summed E-state index contributed by atoms with van der Waals surface area (Å²) in [6.45, 7) is 6.32. The molecular formula is C23H28N5S+. The van der Waals surface area contributed by atoms with Crippen LogP contribution in [0.25, 0.3) is 0 Å². The van der Waals surface area contributed by atoms with Crippen molar-refractivity contribution in [2.75, 3.05) is 31.1 Å². The summed E-state index contributed by atoms with van der Waals surface area (Å²) >= 11 is 5.61. The molecular weight excluding hydrogens is 378 g/mol. The molecule has 0 spiro atoms. The Balaban J connectivity index is 1.41. The maximum atomic E-state index is 9.88. The van der Waals surface area contributed by atoms with Gasteiger partial charge in [0.1, 0.15) is 30.4 Å². The Morgan fingerprint density at radius 3 is 2.48 bits per heavy atom. The van der Waals surface area contributed by atoms with E-state index in [1.165, 1.54) is 35.2 Å². The minimum absolute atomic E-state index is 0.746. The maximum absolute atomic E-state index is 9.88. The van der Waals surface area contributed by atoms with E-state index in [2.05, 4.69) is 45.2 Å². The van der Waals surface area contributed by atoms with Crippen molar-refractivity contribution in [1.82, 2.24) is 10.2 Å². The molecule has 0 saturated carbocycles. The van der Waals surface area contributed by atoms with E-state index in [-0.39, 0.29) is 0 Å². The number of H-pyrrole nitrogens is 1. The number of nitriles is 1. The number of benzene rings is 1. The zero-order chi connectivity index (χ0) is 20.2. The molecule has 2 aliphatic rings. The van der Waals surface area contributed by atoms with Gasteiger partial charge in [0.2, 0.25) is 0 Å². The van der Waals surface area contributed by atoms with Gasteiger partial charge < -0.3 is 10.2 Å². The molecule has 2 heterocycles. The lowest BCUT2D eigenvalue weighted by Crippen LogP contribution is -2.53. The lowest BCUT2D eigenvalue weighted by atomic mass is 9.88. The summed E-state index contributed by atoms with van der Waals surface area (Å²) in [7, 11) is 0. The van der Waals surface area contributed by atoms with Gasteiger partial charge in [0.05, 0.1) is 13.1 Å². The second-order valence-electron chi connectivity index (χ2n) is 7.87. The Morgan fingerprint density at radius 1 is 1.10 bits per heavy atom. The molecule has 1 aliphatic heterocycles. The van der Waals surface area contributed by atoms with Crippen LogP contribution in [0, 0.1) is 18.3 Å². The fourth-order valence-corrected chi connectivity index (χ4v) is 4.68. The third-order valence-corrected chi connectivity index (χ3v) is 6.45. The fourth-order valence-electron chi connectivity index (χ4n) is 4.43. The van der Waals surface area contributed by atoms with Crippen molar-refractivity contribution in [3.05, 3.63) is 58.3 Å². The van der Waals surface area contributed by atoms with Crippen LogP contribution < -0.4 is 15.2 Å². The summed E-state index contributed by atoms with van der Waals surface area (Å²) in [5.41, 5.74) is 5.93. The van der Waals surface area contributed by atoms with E-state index in [0.29, 0.717) is 0 Å². The highest BCUT2D eigenvalue weighted by atomic mass is 32.1. The Hall–Kier alpha value is -2.65. The average molecular weight is 407 g/mol.